The number of likely N-dealkylation sites (tertiary alicyclic amines) is 1. The van der Waals surface area contributed by atoms with E-state index in [9.17, 15) is 0 Å². The Bertz CT molecular complexity index is 284. The summed E-state index contributed by atoms with van der Waals surface area (Å²) in [5.41, 5.74) is 0. The zero-order valence-electron chi connectivity index (χ0n) is 9.57. The van der Waals surface area contributed by atoms with Crippen molar-refractivity contribution in [2.24, 2.45) is 0 Å². The smallest absolute Gasteiger partial charge is 0.120 e. The van der Waals surface area contributed by atoms with Gasteiger partial charge < -0.3 is 14.6 Å². The second kappa shape index (κ2) is 4.81. The predicted molar refractivity (Wildman–Crippen MR) is 60.8 cm³/mol. The van der Waals surface area contributed by atoms with Crippen molar-refractivity contribution in [2.45, 2.75) is 31.8 Å². The lowest BCUT2D eigenvalue weighted by atomic mass is 10.1. The molecular weight excluding hydrogens is 188 g/mol. The summed E-state index contributed by atoms with van der Waals surface area (Å²) in [5, 5.41) is 3.66. The SMILES string of the molecule is CCC(NC1CCN(C)C1)c1ccco1. The van der Waals surface area contributed by atoms with Crippen LogP contribution in [0.15, 0.2) is 22.8 Å². The van der Waals surface area contributed by atoms with Crippen LogP contribution in [-0.4, -0.2) is 31.1 Å². The molecule has 84 valence electrons. The predicted octanol–water partition coefficient (Wildman–Crippen LogP) is 2.02. The van der Waals surface area contributed by atoms with Gasteiger partial charge in [0.25, 0.3) is 0 Å². The van der Waals surface area contributed by atoms with Crippen LogP contribution in [0.3, 0.4) is 0 Å². The van der Waals surface area contributed by atoms with Gasteiger partial charge in [-0.3, -0.25) is 0 Å². The molecule has 1 N–H and O–H groups in total. The molecule has 2 unspecified atom stereocenters. The number of likely N-dealkylation sites (N-methyl/N-ethyl adjacent to an activating group) is 1. The third-order valence-corrected chi connectivity index (χ3v) is 3.12. The van der Waals surface area contributed by atoms with Gasteiger partial charge in [-0.15, -0.1) is 0 Å². The fourth-order valence-electron chi connectivity index (χ4n) is 2.25. The number of rotatable bonds is 4. The molecule has 0 spiro atoms. The fourth-order valence-corrected chi connectivity index (χ4v) is 2.25. The Morgan fingerprint density at radius 3 is 3.07 bits per heavy atom. The van der Waals surface area contributed by atoms with Gasteiger partial charge in [-0.1, -0.05) is 6.92 Å². The monoisotopic (exact) mass is 208 g/mol. The molecule has 0 bridgehead atoms. The Kier molecular flexibility index (Phi) is 3.44. The first-order chi connectivity index (χ1) is 7.29. The normalized spacial score (nSPS) is 24.5. The van der Waals surface area contributed by atoms with Gasteiger partial charge in [0.1, 0.15) is 5.76 Å². The van der Waals surface area contributed by atoms with Crippen molar-refractivity contribution in [2.75, 3.05) is 20.1 Å². The molecule has 1 aliphatic heterocycles. The third kappa shape index (κ3) is 2.61. The lowest BCUT2D eigenvalue weighted by molar-refractivity contribution is 0.349. The molecule has 2 rings (SSSR count). The summed E-state index contributed by atoms with van der Waals surface area (Å²) in [4.78, 5) is 2.37. The van der Waals surface area contributed by atoms with Gasteiger partial charge in [-0.2, -0.15) is 0 Å². The van der Waals surface area contributed by atoms with E-state index in [0.29, 0.717) is 12.1 Å². The van der Waals surface area contributed by atoms with E-state index in [1.165, 1.54) is 13.0 Å². The van der Waals surface area contributed by atoms with Crippen molar-refractivity contribution in [1.82, 2.24) is 10.2 Å². The Labute approximate surface area is 91.4 Å². The zero-order chi connectivity index (χ0) is 10.7. The number of hydrogen-bond acceptors (Lipinski definition) is 3. The Morgan fingerprint density at radius 1 is 1.67 bits per heavy atom. The molecule has 0 aromatic carbocycles. The molecule has 2 atom stereocenters. The zero-order valence-corrected chi connectivity index (χ0v) is 9.57. The molecule has 1 aromatic heterocycles. The molecule has 1 saturated heterocycles. The summed E-state index contributed by atoms with van der Waals surface area (Å²) in [6.07, 6.45) is 4.07. The number of nitrogens with one attached hydrogen (secondary N) is 1. The lowest BCUT2D eigenvalue weighted by Gasteiger charge is -2.20. The van der Waals surface area contributed by atoms with Crippen molar-refractivity contribution >= 4 is 0 Å². The van der Waals surface area contributed by atoms with E-state index >= 15 is 0 Å². The van der Waals surface area contributed by atoms with Crippen LogP contribution in [0.1, 0.15) is 31.6 Å². The van der Waals surface area contributed by atoms with Crippen LogP contribution < -0.4 is 5.32 Å². The van der Waals surface area contributed by atoms with E-state index in [1.54, 1.807) is 6.26 Å². The summed E-state index contributed by atoms with van der Waals surface area (Å²) in [6, 6.07) is 5.00. The Balaban J connectivity index is 1.91. The van der Waals surface area contributed by atoms with Crippen molar-refractivity contribution in [3.63, 3.8) is 0 Å². The molecule has 15 heavy (non-hydrogen) atoms. The molecule has 0 amide bonds. The molecule has 0 saturated carbocycles. The number of hydrogen-bond donors (Lipinski definition) is 1. The van der Waals surface area contributed by atoms with Crippen LogP contribution in [-0.2, 0) is 0 Å². The molecule has 0 aliphatic carbocycles. The van der Waals surface area contributed by atoms with Gasteiger partial charge in [-0.05, 0) is 38.6 Å². The van der Waals surface area contributed by atoms with E-state index in [0.717, 1.165) is 18.7 Å². The highest BCUT2D eigenvalue weighted by Crippen LogP contribution is 2.19. The van der Waals surface area contributed by atoms with Crippen molar-refractivity contribution in [1.29, 1.82) is 0 Å². The third-order valence-electron chi connectivity index (χ3n) is 3.12. The quantitative estimate of drug-likeness (QED) is 0.820. The van der Waals surface area contributed by atoms with E-state index in [2.05, 4.69) is 30.3 Å². The van der Waals surface area contributed by atoms with E-state index in [4.69, 9.17) is 4.42 Å². The fraction of sp³-hybridized carbons (Fsp3) is 0.667. The number of nitrogens with zero attached hydrogens (tertiary/aromatic N) is 1. The Hall–Kier alpha value is -0.800. The highest BCUT2D eigenvalue weighted by atomic mass is 16.3. The van der Waals surface area contributed by atoms with Gasteiger partial charge in [0.15, 0.2) is 0 Å². The summed E-state index contributed by atoms with van der Waals surface area (Å²) >= 11 is 0. The van der Waals surface area contributed by atoms with Crippen molar-refractivity contribution in [3.05, 3.63) is 24.2 Å². The van der Waals surface area contributed by atoms with Crippen LogP contribution in [0, 0.1) is 0 Å². The highest BCUT2D eigenvalue weighted by Gasteiger charge is 2.23. The maximum Gasteiger partial charge on any atom is 0.120 e. The van der Waals surface area contributed by atoms with E-state index in [1.807, 2.05) is 6.07 Å². The van der Waals surface area contributed by atoms with Gasteiger partial charge >= 0.3 is 0 Å². The molecule has 1 aromatic rings. The maximum absolute atomic E-state index is 5.45. The van der Waals surface area contributed by atoms with Crippen LogP contribution in [0.25, 0.3) is 0 Å². The van der Waals surface area contributed by atoms with Crippen LogP contribution >= 0.6 is 0 Å². The molecular formula is C12H20N2O. The molecule has 1 fully saturated rings. The van der Waals surface area contributed by atoms with Gasteiger partial charge in [0.05, 0.1) is 12.3 Å². The molecule has 2 heterocycles. The van der Waals surface area contributed by atoms with Crippen LogP contribution in [0.2, 0.25) is 0 Å². The number of furan rings is 1. The molecule has 0 radical (unpaired) electrons. The minimum absolute atomic E-state index is 0.372. The topological polar surface area (TPSA) is 28.4 Å². The van der Waals surface area contributed by atoms with Gasteiger partial charge in [0, 0.05) is 12.6 Å². The maximum atomic E-state index is 5.45. The minimum Gasteiger partial charge on any atom is -0.468 e. The standard InChI is InChI=1S/C12H20N2O/c1-3-11(12-5-4-8-15-12)13-10-6-7-14(2)9-10/h4-5,8,10-11,13H,3,6-7,9H2,1-2H3. The minimum atomic E-state index is 0.372. The summed E-state index contributed by atoms with van der Waals surface area (Å²) in [7, 11) is 2.18. The highest BCUT2D eigenvalue weighted by molar-refractivity contribution is 5.04. The lowest BCUT2D eigenvalue weighted by Crippen LogP contribution is -2.34. The van der Waals surface area contributed by atoms with Gasteiger partial charge in [-0.25, -0.2) is 0 Å². The first kappa shape index (κ1) is 10.7. The summed E-state index contributed by atoms with van der Waals surface area (Å²) in [6.45, 7) is 4.54. The average molecular weight is 208 g/mol. The van der Waals surface area contributed by atoms with Crippen LogP contribution in [0.4, 0.5) is 0 Å². The molecule has 3 heteroatoms. The summed E-state index contributed by atoms with van der Waals surface area (Å²) in [5.74, 6) is 1.06. The average Bonchev–Trinajstić information content (AvgIpc) is 2.85. The summed E-state index contributed by atoms with van der Waals surface area (Å²) < 4.78 is 5.45. The second-order valence-electron chi connectivity index (χ2n) is 4.39. The van der Waals surface area contributed by atoms with Crippen molar-refractivity contribution < 1.29 is 4.42 Å². The van der Waals surface area contributed by atoms with Gasteiger partial charge in [0.2, 0.25) is 0 Å². The van der Waals surface area contributed by atoms with E-state index in [-0.39, 0.29) is 0 Å². The Morgan fingerprint density at radius 2 is 2.53 bits per heavy atom. The first-order valence-corrected chi connectivity index (χ1v) is 5.77. The van der Waals surface area contributed by atoms with E-state index < -0.39 is 0 Å². The largest absolute Gasteiger partial charge is 0.468 e. The van der Waals surface area contributed by atoms with Crippen molar-refractivity contribution in [3.8, 4) is 0 Å². The first-order valence-electron chi connectivity index (χ1n) is 5.77. The second-order valence-corrected chi connectivity index (χ2v) is 4.39. The van der Waals surface area contributed by atoms with Crippen LogP contribution in [0.5, 0.6) is 0 Å². The molecule has 1 aliphatic rings. The molecule has 3 nitrogen and oxygen atoms in total.